The lowest BCUT2D eigenvalue weighted by atomic mass is 9.97. The number of aryl methyl sites for hydroxylation is 1. The Morgan fingerprint density at radius 3 is 2.77 bits per heavy atom. The van der Waals surface area contributed by atoms with Gasteiger partial charge in [-0.3, -0.25) is 9.71 Å². The second kappa shape index (κ2) is 4.20. The van der Waals surface area contributed by atoms with Crippen LogP contribution >= 0.6 is 0 Å². The van der Waals surface area contributed by atoms with Gasteiger partial charge in [0.15, 0.2) is 0 Å². The number of anilines is 2. The van der Waals surface area contributed by atoms with Gasteiger partial charge in [0, 0.05) is 28.4 Å². The Morgan fingerprint density at radius 2 is 1.95 bits per heavy atom. The molecule has 1 aromatic heterocycles. The van der Waals surface area contributed by atoms with E-state index in [9.17, 15) is 8.42 Å². The van der Waals surface area contributed by atoms with E-state index in [1.54, 1.807) is 18.3 Å². The average molecular weight is 311 g/mol. The quantitative estimate of drug-likeness (QED) is 0.625. The van der Waals surface area contributed by atoms with Crippen molar-refractivity contribution < 1.29 is 8.42 Å². The maximum Gasteiger partial charge on any atom is 0.262 e. The number of nitrogens with one attached hydrogen (secondary N) is 1. The molecule has 22 heavy (non-hydrogen) atoms. The highest BCUT2D eigenvalue weighted by Gasteiger charge is 2.29. The summed E-state index contributed by atoms with van der Waals surface area (Å²) >= 11 is 0. The van der Waals surface area contributed by atoms with Crippen molar-refractivity contribution in [3.05, 3.63) is 48.2 Å². The lowest BCUT2D eigenvalue weighted by Gasteiger charge is -2.23. The SMILES string of the molecule is Cc1cc2c(c3ncccc13)NS(=O)(=O)c1ccc(N)cc1-2. The zero-order valence-corrected chi connectivity index (χ0v) is 12.6. The van der Waals surface area contributed by atoms with Crippen molar-refractivity contribution >= 4 is 32.3 Å². The smallest absolute Gasteiger partial charge is 0.262 e. The van der Waals surface area contributed by atoms with Crippen LogP contribution in [0, 0.1) is 6.92 Å². The highest BCUT2D eigenvalue weighted by atomic mass is 32.2. The molecule has 2 heterocycles. The summed E-state index contributed by atoms with van der Waals surface area (Å²) < 4.78 is 27.6. The van der Waals surface area contributed by atoms with E-state index in [1.807, 2.05) is 25.1 Å². The average Bonchev–Trinajstić information content (AvgIpc) is 2.49. The lowest BCUT2D eigenvalue weighted by Crippen LogP contribution is -2.19. The number of aromatic nitrogens is 1. The number of sulfonamides is 1. The predicted octanol–water partition coefficient (Wildman–Crippen LogP) is 2.91. The van der Waals surface area contributed by atoms with Gasteiger partial charge in [-0.15, -0.1) is 0 Å². The molecule has 0 radical (unpaired) electrons. The van der Waals surface area contributed by atoms with Crippen LogP contribution in [0.4, 0.5) is 11.4 Å². The second-order valence-electron chi connectivity index (χ2n) is 5.38. The Kier molecular flexibility index (Phi) is 2.50. The first-order valence-electron chi connectivity index (χ1n) is 6.78. The molecule has 6 heteroatoms. The van der Waals surface area contributed by atoms with Crippen LogP contribution in [0.3, 0.4) is 0 Å². The van der Waals surface area contributed by atoms with E-state index in [-0.39, 0.29) is 4.90 Å². The molecule has 0 aliphatic carbocycles. The first-order chi connectivity index (χ1) is 10.5. The third-order valence-corrected chi connectivity index (χ3v) is 5.33. The van der Waals surface area contributed by atoms with Gasteiger partial charge >= 0.3 is 0 Å². The summed E-state index contributed by atoms with van der Waals surface area (Å²) in [6.45, 7) is 1.99. The zero-order chi connectivity index (χ0) is 15.5. The van der Waals surface area contributed by atoms with Crippen LogP contribution in [0.2, 0.25) is 0 Å². The second-order valence-corrected chi connectivity index (χ2v) is 7.03. The maximum absolute atomic E-state index is 12.5. The summed E-state index contributed by atoms with van der Waals surface area (Å²) in [4.78, 5) is 4.60. The van der Waals surface area contributed by atoms with E-state index in [2.05, 4.69) is 9.71 Å². The summed E-state index contributed by atoms with van der Waals surface area (Å²) in [5.41, 5.74) is 10.00. The van der Waals surface area contributed by atoms with Crippen LogP contribution in [-0.2, 0) is 10.0 Å². The molecular formula is C16H13N3O2S. The van der Waals surface area contributed by atoms with Gasteiger partial charge in [-0.1, -0.05) is 6.07 Å². The molecule has 0 bridgehead atoms. The molecule has 0 spiro atoms. The molecule has 3 N–H and O–H groups in total. The monoisotopic (exact) mass is 311 g/mol. The first-order valence-corrected chi connectivity index (χ1v) is 8.27. The highest BCUT2D eigenvalue weighted by Crippen LogP contribution is 2.43. The van der Waals surface area contributed by atoms with Gasteiger partial charge in [0.25, 0.3) is 10.0 Å². The number of hydrogen-bond acceptors (Lipinski definition) is 4. The summed E-state index contributed by atoms with van der Waals surface area (Å²) in [5.74, 6) is 0. The normalized spacial score (nSPS) is 15.0. The van der Waals surface area contributed by atoms with E-state index < -0.39 is 10.0 Å². The Hall–Kier alpha value is -2.60. The number of rotatable bonds is 0. The number of fused-ring (bicyclic) bond motifs is 5. The minimum Gasteiger partial charge on any atom is -0.399 e. The minimum absolute atomic E-state index is 0.240. The van der Waals surface area contributed by atoms with E-state index >= 15 is 0 Å². The lowest BCUT2D eigenvalue weighted by molar-refractivity contribution is 0.601. The molecule has 3 aromatic rings. The third-order valence-electron chi connectivity index (χ3n) is 3.92. The van der Waals surface area contributed by atoms with Crippen molar-refractivity contribution in [2.45, 2.75) is 11.8 Å². The summed E-state index contributed by atoms with van der Waals surface area (Å²) in [7, 11) is -3.62. The Labute approximate surface area is 127 Å². The third kappa shape index (κ3) is 1.70. The Bertz CT molecular complexity index is 1040. The summed E-state index contributed by atoms with van der Waals surface area (Å²) in [6, 6.07) is 10.6. The molecule has 0 amide bonds. The summed E-state index contributed by atoms with van der Waals surface area (Å²) in [5, 5.41) is 0.927. The van der Waals surface area contributed by atoms with Gasteiger partial charge in [-0.25, -0.2) is 8.42 Å². The highest BCUT2D eigenvalue weighted by molar-refractivity contribution is 7.93. The molecule has 1 aliphatic rings. The standard InChI is InChI=1S/C16H13N3O2S/c1-9-7-13-12-8-10(17)4-5-14(12)22(20,21)19-16(13)15-11(9)3-2-6-18-15/h2-8,19H,17H2,1H3. The fourth-order valence-corrected chi connectivity index (χ4v) is 4.21. The number of hydrogen-bond donors (Lipinski definition) is 2. The molecule has 0 saturated carbocycles. The largest absolute Gasteiger partial charge is 0.399 e. The molecule has 0 unspecified atom stereocenters. The van der Waals surface area contributed by atoms with Gasteiger partial charge in [-0.05, 0) is 42.8 Å². The Morgan fingerprint density at radius 1 is 1.14 bits per heavy atom. The van der Waals surface area contributed by atoms with Crippen molar-refractivity contribution in [3.8, 4) is 11.1 Å². The number of nitrogens with two attached hydrogens (primary N) is 1. The fraction of sp³-hybridized carbons (Fsp3) is 0.0625. The molecule has 1 aliphatic heterocycles. The van der Waals surface area contributed by atoms with Crippen LogP contribution in [0.5, 0.6) is 0 Å². The van der Waals surface area contributed by atoms with Gasteiger partial charge < -0.3 is 5.73 Å². The Balaban J connectivity index is 2.20. The van der Waals surface area contributed by atoms with E-state index in [0.29, 0.717) is 22.5 Å². The van der Waals surface area contributed by atoms with Crippen molar-refractivity contribution in [2.24, 2.45) is 0 Å². The molecule has 0 fully saturated rings. The topological polar surface area (TPSA) is 85.1 Å². The molecule has 0 saturated heterocycles. The van der Waals surface area contributed by atoms with Crippen molar-refractivity contribution in [1.29, 1.82) is 0 Å². The maximum atomic E-state index is 12.5. The van der Waals surface area contributed by atoms with Crippen LogP contribution in [0.15, 0.2) is 47.5 Å². The van der Waals surface area contributed by atoms with Crippen LogP contribution in [0.25, 0.3) is 22.0 Å². The number of nitrogen functional groups attached to an aromatic ring is 1. The molecule has 4 rings (SSSR count). The molecular weight excluding hydrogens is 298 g/mol. The van der Waals surface area contributed by atoms with Crippen LogP contribution in [-0.4, -0.2) is 13.4 Å². The van der Waals surface area contributed by atoms with Crippen molar-refractivity contribution in [3.63, 3.8) is 0 Å². The fourth-order valence-electron chi connectivity index (χ4n) is 2.91. The van der Waals surface area contributed by atoms with Gasteiger partial charge in [0.2, 0.25) is 0 Å². The van der Waals surface area contributed by atoms with Crippen molar-refractivity contribution in [2.75, 3.05) is 10.5 Å². The van der Waals surface area contributed by atoms with Crippen LogP contribution < -0.4 is 10.5 Å². The van der Waals surface area contributed by atoms with Crippen LogP contribution in [0.1, 0.15) is 5.56 Å². The summed E-state index contributed by atoms with van der Waals surface area (Å²) in [6.07, 6.45) is 1.66. The van der Waals surface area contributed by atoms with Gasteiger partial charge in [0.1, 0.15) is 0 Å². The van der Waals surface area contributed by atoms with Gasteiger partial charge in [-0.2, -0.15) is 0 Å². The van der Waals surface area contributed by atoms with Gasteiger partial charge in [0.05, 0.1) is 16.1 Å². The first kappa shape index (κ1) is 13.1. The minimum atomic E-state index is -3.62. The zero-order valence-electron chi connectivity index (χ0n) is 11.8. The molecule has 110 valence electrons. The molecule has 2 aromatic carbocycles. The van der Waals surface area contributed by atoms with Crippen molar-refractivity contribution in [1.82, 2.24) is 4.98 Å². The predicted molar refractivity (Wildman–Crippen MR) is 87.1 cm³/mol. The molecule has 5 nitrogen and oxygen atoms in total. The molecule has 0 atom stereocenters. The van der Waals surface area contributed by atoms with E-state index in [4.69, 9.17) is 5.73 Å². The number of nitrogens with zero attached hydrogens (tertiary/aromatic N) is 1. The van der Waals surface area contributed by atoms with E-state index in [0.717, 1.165) is 16.5 Å². The van der Waals surface area contributed by atoms with E-state index in [1.165, 1.54) is 6.07 Å². The number of benzene rings is 2. The number of pyridine rings is 1.